The van der Waals surface area contributed by atoms with Crippen LogP contribution in [0.2, 0.25) is 0 Å². The van der Waals surface area contributed by atoms with Crippen molar-refractivity contribution in [2.75, 3.05) is 0 Å². The Hall–Kier alpha value is -3.46. The fourth-order valence-corrected chi connectivity index (χ4v) is 3.67. The minimum absolute atomic E-state index is 0.111. The van der Waals surface area contributed by atoms with Crippen LogP contribution >= 0.6 is 11.5 Å². The molecule has 1 aromatic carbocycles. The fourth-order valence-electron chi connectivity index (χ4n) is 3.00. The maximum absolute atomic E-state index is 13.0. The molecule has 0 saturated carbocycles. The van der Waals surface area contributed by atoms with Crippen LogP contribution in [0.3, 0.4) is 0 Å². The van der Waals surface area contributed by atoms with E-state index in [1.54, 1.807) is 17.5 Å². The van der Waals surface area contributed by atoms with Crippen molar-refractivity contribution in [1.82, 2.24) is 18.8 Å². The molecule has 1 amide bonds. The topological polar surface area (TPSA) is 99.1 Å². The molecule has 4 rings (SSSR count). The Bertz CT molecular complexity index is 1270. The van der Waals surface area contributed by atoms with Crippen LogP contribution in [0.1, 0.15) is 16.9 Å². The largest absolute Gasteiger partial charge is 0.467 e. The average Bonchev–Trinajstić information content (AvgIpc) is 3.40. The molecule has 0 aliphatic heterocycles. The van der Waals surface area contributed by atoms with E-state index in [-0.39, 0.29) is 31.1 Å². The molecule has 0 saturated heterocycles. The van der Waals surface area contributed by atoms with E-state index in [1.165, 1.54) is 10.8 Å². The van der Waals surface area contributed by atoms with Gasteiger partial charge in [0.05, 0.1) is 24.9 Å². The lowest BCUT2D eigenvalue weighted by Crippen LogP contribution is -2.42. The molecule has 4 aromatic rings. The van der Waals surface area contributed by atoms with Crippen molar-refractivity contribution in [3.05, 3.63) is 85.8 Å². The summed E-state index contributed by atoms with van der Waals surface area (Å²) in [5, 5.41) is 4.32. The first-order valence-corrected chi connectivity index (χ1v) is 9.79. The number of aromatic nitrogens is 3. The second kappa shape index (κ2) is 7.88. The van der Waals surface area contributed by atoms with E-state index in [4.69, 9.17) is 4.42 Å². The average molecular weight is 410 g/mol. The highest BCUT2D eigenvalue weighted by Crippen LogP contribution is 2.11. The van der Waals surface area contributed by atoms with E-state index in [0.717, 1.165) is 27.2 Å². The number of nitrogens with zero attached hydrogens (tertiary/aromatic N) is 3. The second-order valence-electron chi connectivity index (χ2n) is 6.65. The monoisotopic (exact) mass is 410 g/mol. The van der Waals surface area contributed by atoms with Crippen LogP contribution in [-0.4, -0.2) is 19.4 Å². The molecule has 8 nitrogen and oxygen atoms in total. The summed E-state index contributed by atoms with van der Waals surface area (Å²) < 4.78 is 11.7. The number of hydrogen-bond donors (Lipinski definition) is 1. The third kappa shape index (κ3) is 3.90. The van der Waals surface area contributed by atoms with Gasteiger partial charge in [0.2, 0.25) is 5.91 Å². The summed E-state index contributed by atoms with van der Waals surface area (Å²) in [6, 6.07) is 11.0. The van der Waals surface area contributed by atoms with E-state index in [0.29, 0.717) is 11.3 Å². The van der Waals surface area contributed by atoms with Gasteiger partial charge in [0, 0.05) is 5.38 Å². The summed E-state index contributed by atoms with van der Waals surface area (Å²) in [6.45, 7) is 2.07. The zero-order valence-electron chi connectivity index (χ0n) is 15.6. The molecule has 1 N–H and O–H groups in total. The highest BCUT2D eigenvalue weighted by Gasteiger charge is 2.17. The number of fused-ring (bicyclic) bond motifs is 1. The molecule has 0 radical (unpaired) electrons. The molecule has 0 spiro atoms. The van der Waals surface area contributed by atoms with Crippen LogP contribution in [0.25, 0.3) is 11.0 Å². The summed E-state index contributed by atoms with van der Waals surface area (Å²) in [6.07, 6.45) is 1.52. The normalized spacial score (nSPS) is 11.1. The number of hydrogen-bond acceptors (Lipinski definition) is 6. The molecule has 0 fully saturated rings. The molecule has 3 heterocycles. The minimum atomic E-state index is -0.545. The van der Waals surface area contributed by atoms with Gasteiger partial charge in [0.25, 0.3) is 5.56 Å². The quantitative estimate of drug-likeness (QED) is 0.523. The third-order valence-electron chi connectivity index (χ3n) is 4.55. The van der Waals surface area contributed by atoms with Crippen LogP contribution in [0.5, 0.6) is 0 Å². The zero-order chi connectivity index (χ0) is 20.4. The molecular weight excluding hydrogens is 392 g/mol. The van der Waals surface area contributed by atoms with Crippen LogP contribution in [0.15, 0.2) is 62.0 Å². The lowest BCUT2D eigenvalue weighted by atomic mass is 10.1. The van der Waals surface area contributed by atoms with Gasteiger partial charge >= 0.3 is 5.69 Å². The molecule has 0 aliphatic rings. The molecular formula is C20H18N4O4S. The van der Waals surface area contributed by atoms with Crippen LogP contribution in [0, 0.1) is 6.92 Å². The molecule has 29 heavy (non-hydrogen) atoms. The van der Waals surface area contributed by atoms with Crippen molar-refractivity contribution >= 4 is 28.5 Å². The van der Waals surface area contributed by atoms with Crippen LogP contribution in [0.4, 0.5) is 0 Å². The number of rotatable bonds is 6. The van der Waals surface area contributed by atoms with E-state index < -0.39 is 11.2 Å². The first-order chi connectivity index (χ1) is 14.0. The molecule has 0 aliphatic carbocycles. The van der Waals surface area contributed by atoms with E-state index in [1.807, 2.05) is 31.2 Å². The first kappa shape index (κ1) is 18.9. The molecule has 0 bridgehead atoms. The Morgan fingerprint density at radius 2 is 1.97 bits per heavy atom. The van der Waals surface area contributed by atoms with Crippen LogP contribution < -0.4 is 16.6 Å². The molecule has 148 valence electrons. The van der Waals surface area contributed by atoms with Gasteiger partial charge in [0.1, 0.15) is 12.3 Å². The highest BCUT2D eigenvalue weighted by atomic mass is 32.1. The van der Waals surface area contributed by atoms with E-state index in [9.17, 15) is 14.4 Å². The third-order valence-corrected chi connectivity index (χ3v) is 5.17. The molecule has 3 aromatic heterocycles. The number of amides is 1. The predicted octanol–water partition coefficient (Wildman–Crippen LogP) is 1.89. The SMILES string of the molecule is Cc1ccc(Cn2c(=O)c3nscc3n(CC(=O)NCc3ccco3)c2=O)cc1. The summed E-state index contributed by atoms with van der Waals surface area (Å²) in [5.41, 5.74) is 1.44. The minimum Gasteiger partial charge on any atom is -0.467 e. The van der Waals surface area contributed by atoms with Gasteiger partial charge in [0.15, 0.2) is 5.52 Å². The van der Waals surface area contributed by atoms with Gasteiger partial charge in [-0.1, -0.05) is 29.8 Å². The summed E-state index contributed by atoms with van der Waals surface area (Å²) in [5.74, 6) is 0.244. The predicted molar refractivity (Wildman–Crippen MR) is 109 cm³/mol. The van der Waals surface area contributed by atoms with Crippen molar-refractivity contribution in [1.29, 1.82) is 0 Å². The van der Waals surface area contributed by atoms with E-state index >= 15 is 0 Å². The van der Waals surface area contributed by atoms with Gasteiger partial charge in [-0.25, -0.2) is 4.79 Å². The zero-order valence-corrected chi connectivity index (χ0v) is 16.4. The maximum atomic E-state index is 13.0. The Morgan fingerprint density at radius 1 is 1.17 bits per heavy atom. The molecule has 0 atom stereocenters. The van der Waals surface area contributed by atoms with Crippen molar-refractivity contribution in [3.8, 4) is 0 Å². The van der Waals surface area contributed by atoms with Crippen molar-refractivity contribution in [3.63, 3.8) is 0 Å². The number of furan rings is 1. The van der Waals surface area contributed by atoms with Gasteiger partial charge in [-0.2, -0.15) is 4.37 Å². The molecule has 9 heteroatoms. The summed E-state index contributed by atoms with van der Waals surface area (Å²) >= 11 is 1.08. The van der Waals surface area contributed by atoms with Gasteiger partial charge in [-0.3, -0.25) is 18.7 Å². The maximum Gasteiger partial charge on any atom is 0.332 e. The number of carbonyl (C=O) groups excluding carboxylic acids is 1. The lowest BCUT2D eigenvalue weighted by molar-refractivity contribution is -0.121. The van der Waals surface area contributed by atoms with Crippen molar-refractivity contribution in [2.24, 2.45) is 0 Å². The number of aryl methyl sites for hydroxylation is 1. The molecule has 0 unspecified atom stereocenters. The van der Waals surface area contributed by atoms with Crippen molar-refractivity contribution < 1.29 is 9.21 Å². The Morgan fingerprint density at radius 3 is 2.69 bits per heavy atom. The number of benzene rings is 1. The lowest BCUT2D eigenvalue weighted by Gasteiger charge is -2.12. The Kier molecular flexibility index (Phi) is 5.13. The fraction of sp³-hybridized carbons (Fsp3) is 0.200. The van der Waals surface area contributed by atoms with Gasteiger partial charge in [-0.05, 0) is 36.2 Å². The van der Waals surface area contributed by atoms with E-state index in [2.05, 4.69) is 9.69 Å². The van der Waals surface area contributed by atoms with Gasteiger partial charge in [-0.15, -0.1) is 0 Å². The van der Waals surface area contributed by atoms with Crippen LogP contribution in [-0.2, 0) is 24.4 Å². The number of nitrogens with one attached hydrogen (secondary N) is 1. The number of carbonyl (C=O) groups is 1. The van der Waals surface area contributed by atoms with Crippen molar-refractivity contribution in [2.45, 2.75) is 26.6 Å². The Labute approximate surface area is 169 Å². The smallest absolute Gasteiger partial charge is 0.332 e. The summed E-state index contributed by atoms with van der Waals surface area (Å²) in [7, 11) is 0. The Balaban J connectivity index is 1.66. The second-order valence-corrected chi connectivity index (χ2v) is 7.28. The summed E-state index contributed by atoms with van der Waals surface area (Å²) in [4.78, 5) is 38.2. The standard InChI is InChI=1S/C20H18N4O4S/c1-13-4-6-14(7-5-13)10-24-19(26)18-16(12-29-22-18)23(20(24)27)11-17(25)21-9-15-3-2-8-28-15/h2-8,12H,9-11H2,1H3,(H,21,25). The first-order valence-electron chi connectivity index (χ1n) is 8.95. The highest BCUT2D eigenvalue weighted by molar-refractivity contribution is 7.04. The van der Waals surface area contributed by atoms with Gasteiger partial charge < -0.3 is 9.73 Å².